The summed E-state index contributed by atoms with van der Waals surface area (Å²) < 4.78 is 75.9. The first-order chi connectivity index (χ1) is 11.8. The lowest BCUT2D eigenvalue weighted by molar-refractivity contribution is -0.250. The molecule has 1 aromatic carbocycles. The van der Waals surface area contributed by atoms with Gasteiger partial charge < -0.3 is 4.74 Å². The highest BCUT2D eigenvalue weighted by Gasteiger charge is 2.61. The number of ether oxygens (including phenoxy) is 1. The average Bonchev–Trinajstić information content (AvgIpc) is 2.62. The van der Waals surface area contributed by atoms with Gasteiger partial charge in [0.25, 0.3) is 0 Å². The van der Waals surface area contributed by atoms with Gasteiger partial charge in [-0.15, -0.1) is 0 Å². The highest BCUT2D eigenvalue weighted by molar-refractivity contribution is 7.94. The van der Waals surface area contributed by atoms with E-state index in [0.29, 0.717) is 19.4 Å². The lowest BCUT2D eigenvalue weighted by atomic mass is 9.79. The summed E-state index contributed by atoms with van der Waals surface area (Å²) in [7, 11) is 0. The Morgan fingerprint density at radius 1 is 1.04 bits per heavy atom. The molecule has 0 unspecified atom stereocenters. The molecular weight excluding hydrogens is 359 g/mol. The maximum absolute atomic E-state index is 14.5. The van der Waals surface area contributed by atoms with Crippen LogP contribution in [0.1, 0.15) is 51.0 Å². The summed E-state index contributed by atoms with van der Waals surface area (Å²) in [5.41, 5.74) is -0.781. The molecule has 1 saturated carbocycles. The summed E-state index contributed by atoms with van der Waals surface area (Å²) in [5, 5.41) is 0. The summed E-state index contributed by atoms with van der Waals surface area (Å²) in [4.78, 5) is 0.104. The zero-order valence-corrected chi connectivity index (χ0v) is 14.9. The minimum Gasteiger partial charge on any atom is -0.378 e. The summed E-state index contributed by atoms with van der Waals surface area (Å²) in [6.07, 6.45) is 2.54. The van der Waals surface area contributed by atoms with Crippen LogP contribution in [0.25, 0.3) is 0 Å². The van der Waals surface area contributed by atoms with Crippen LogP contribution in [0.5, 0.6) is 0 Å². The summed E-state index contributed by atoms with van der Waals surface area (Å²) in [6.45, 7) is 2.61. The molecule has 1 aliphatic rings. The van der Waals surface area contributed by atoms with Crippen molar-refractivity contribution in [3.8, 4) is 0 Å². The van der Waals surface area contributed by atoms with E-state index < -0.39 is 23.3 Å². The third-order valence-corrected chi connectivity index (χ3v) is 5.21. The summed E-state index contributed by atoms with van der Waals surface area (Å²) >= 11 is -0.114. The molecular formula is C18H23F5OS. The van der Waals surface area contributed by atoms with Crippen LogP contribution in [0.3, 0.4) is 0 Å². The first-order valence-corrected chi connectivity index (χ1v) is 9.31. The van der Waals surface area contributed by atoms with E-state index in [4.69, 9.17) is 4.74 Å². The molecule has 7 heteroatoms. The minimum atomic E-state index is -4.28. The van der Waals surface area contributed by atoms with Crippen molar-refractivity contribution in [2.24, 2.45) is 5.92 Å². The normalized spacial score (nSPS) is 22.2. The Morgan fingerprint density at radius 3 is 2.16 bits per heavy atom. The minimum absolute atomic E-state index is 0.0117. The zero-order valence-electron chi connectivity index (χ0n) is 14.1. The molecule has 1 fully saturated rings. The van der Waals surface area contributed by atoms with Gasteiger partial charge in [0.05, 0.1) is 18.3 Å². The fourth-order valence-electron chi connectivity index (χ4n) is 3.15. The van der Waals surface area contributed by atoms with Crippen molar-refractivity contribution in [3.63, 3.8) is 0 Å². The van der Waals surface area contributed by atoms with Crippen molar-refractivity contribution in [1.82, 2.24) is 0 Å². The predicted octanol–water partition coefficient (Wildman–Crippen LogP) is 6.77. The molecule has 0 aromatic heterocycles. The van der Waals surface area contributed by atoms with Crippen LogP contribution in [-0.4, -0.2) is 18.6 Å². The van der Waals surface area contributed by atoms with Crippen LogP contribution in [0.4, 0.5) is 21.4 Å². The molecule has 0 radical (unpaired) electrons. The quantitative estimate of drug-likeness (QED) is 0.363. The fraction of sp³-hybridized carbons (Fsp3) is 0.667. The van der Waals surface area contributed by atoms with Crippen LogP contribution < -0.4 is 0 Å². The van der Waals surface area contributed by atoms with E-state index in [1.165, 1.54) is 0 Å². The molecule has 0 spiro atoms. The molecule has 1 nitrogen and oxygen atoms in total. The number of alkyl halides is 4. The second-order valence-corrected chi connectivity index (χ2v) is 7.12. The molecule has 0 bridgehead atoms. The molecule has 142 valence electrons. The van der Waals surface area contributed by atoms with Gasteiger partial charge in [0.2, 0.25) is 0 Å². The number of halogens is 5. The summed E-state index contributed by atoms with van der Waals surface area (Å²) in [5.74, 6) is -9.82. The first kappa shape index (κ1) is 20.5. The standard InChI is InChI=1S/C18H23F5OS/c1-2-3-12-24-15-8-4-13(5-9-15)17(19,20)18(21,22)14-6-10-16(25-23)11-7-14/h6-7,10-11,13,15H,2-5,8-9,12H2,1H3/t13-,15-. The second kappa shape index (κ2) is 8.71. The van der Waals surface area contributed by atoms with Crippen molar-refractivity contribution in [2.45, 2.75) is 68.3 Å². The predicted molar refractivity (Wildman–Crippen MR) is 88.9 cm³/mol. The molecule has 25 heavy (non-hydrogen) atoms. The van der Waals surface area contributed by atoms with Gasteiger partial charge in [-0.2, -0.15) is 21.4 Å². The Labute approximate surface area is 149 Å². The lowest BCUT2D eigenvalue weighted by Crippen LogP contribution is -2.46. The topological polar surface area (TPSA) is 9.23 Å². The van der Waals surface area contributed by atoms with Gasteiger partial charge in [-0.25, -0.2) is 0 Å². The Balaban J connectivity index is 2.01. The van der Waals surface area contributed by atoms with E-state index in [-0.39, 0.29) is 36.0 Å². The van der Waals surface area contributed by atoms with Crippen molar-refractivity contribution in [2.75, 3.05) is 6.61 Å². The van der Waals surface area contributed by atoms with E-state index in [2.05, 4.69) is 0 Å². The van der Waals surface area contributed by atoms with Gasteiger partial charge in [0.15, 0.2) is 0 Å². The number of hydrogen-bond acceptors (Lipinski definition) is 2. The van der Waals surface area contributed by atoms with E-state index in [1.54, 1.807) is 0 Å². The number of benzene rings is 1. The lowest BCUT2D eigenvalue weighted by Gasteiger charge is -2.37. The Kier molecular flexibility index (Phi) is 7.14. The third kappa shape index (κ3) is 4.67. The van der Waals surface area contributed by atoms with Crippen LogP contribution in [0.15, 0.2) is 29.2 Å². The van der Waals surface area contributed by atoms with Gasteiger partial charge in [-0.3, -0.25) is 0 Å². The number of unbranched alkanes of at least 4 members (excludes halogenated alkanes) is 1. The first-order valence-electron chi connectivity index (χ1n) is 8.59. The molecule has 0 N–H and O–H groups in total. The molecule has 1 aliphatic carbocycles. The average molecular weight is 382 g/mol. The molecule has 0 aliphatic heterocycles. The van der Waals surface area contributed by atoms with Crippen LogP contribution >= 0.6 is 12.1 Å². The Bertz CT molecular complexity index is 527. The van der Waals surface area contributed by atoms with Crippen molar-refractivity contribution >= 4 is 12.1 Å². The monoisotopic (exact) mass is 382 g/mol. The van der Waals surface area contributed by atoms with Gasteiger partial charge in [0.1, 0.15) is 0 Å². The molecule has 0 amide bonds. The zero-order chi connectivity index (χ0) is 18.5. The largest absolute Gasteiger partial charge is 0.378 e. The highest BCUT2D eigenvalue weighted by atomic mass is 32.2. The van der Waals surface area contributed by atoms with E-state index in [1.807, 2.05) is 6.92 Å². The number of rotatable bonds is 8. The van der Waals surface area contributed by atoms with Crippen molar-refractivity contribution in [1.29, 1.82) is 0 Å². The maximum Gasteiger partial charge on any atom is 0.335 e. The molecule has 2 rings (SSSR count). The Hall–Kier alpha value is -0.820. The van der Waals surface area contributed by atoms with Gasteiger partial charge in [-0.05, 0) is 44.2 Å². The van der Waals surface area contributed by atoms with Crippen LogP contribution in [0.2, 0.25) is 0 Å². The molecule has 0 atom stereocenters. The van der Waals surface area contributed by atoms with Crippen molar-refractivity contribution < 1.29 is 26.2 Å². The van der Waals surface area contributed by atoms with E-state index >= 15 is 0 Å². The Morgan fingerprint density at radius 2 is 1.64 bits per heavy atom. The molecule has 1 aromatic rings. The van der Waals surface area contributed by atoms with E-state index in [0.717, 1.165) is 37.1 Å². The fourth-order valence-corrected chi connectivity index (χ4v) is 3.39. The maximum atomic E-state index is 14.5. The smallest absolute Gasteiger partial charge is 0.335 e. The van der Waals surface area contributed by atoms with Gasteiger partial charge in [0, 0.05) is 23.0 Å². The molecule has 0 heterocycles. The third-order valence-electron chi connectivity index (χ3n) is 4.76. The highest BCUT2D eigenvalue weighted by Crippen LogP contribution is 2.51. The second-order valence-electron chi connectivity index (χ2n) is 6.50. The van der Waals surface area contributed by atoms with E-state index in [9.17, 15) is 21.4 Å². The van der Waals surface area contributed by atoms with Gasteiger partial charge in [-0.1, -0.05) is 25.5 Å². The molecule has 0 saturated heterocycles. The summed E-state index contributed by atoms with van der Waals surface area (Å²) in [6, 6.07) is 3.91. The number of hydrogen-bond donors (Lipinski definition) is 0. The van der Waals surface area contributed by atoms with Crippen LogP contribution in [0, 0.1) is 5.92 Å². The SMILES string of the molecule is CCCCO[C@H]1CC[C@H](C(F)(F)C(F)(F)c2ccc(SF)cc2)CC1. The van der Waals surface area contributed by atoms with Gasteiger partial charge >= 0.3 is 11.8 Å². The van der Waals surface area contributed by atoms with Crippen LogP contribution in [-0.2, 0) is 10.7 Å². The van der Waals surface area contributed by atoms with Crippen molar-refractivity contribution in [3.05, 3.63) is 29.8 Å².